The second-order valence-corrected chi connectivity index (χ2v) is 4.19. The van der Waals surface area contributed by atoms with E-state index in [1.807, 2.05) is 0 Å². The van der Waals surface area contributed by atoms with E-state index in [1.165, 1.54) is 17.5 Å². The van der Waals surface area contributed by atoms with Gasteiger partial charge in [0.2, 0.25) is 0 Å². The minimum atomic E-state index is 0.747. The first kappa shape index (κ1) is 11.0. The molecule has 0 saturated heterocycles. The minimum Gasteiger partial charge on any atom is -0.0913 e. The maximum absolute atomic E-state index is 2.26. The maximum Gasteiger partial charge on any atom is -0.00976 e. The zero-order valence-electron chi connectivity index (χ0n) is 9.46. The largest absolute Gasteiger partial charge is 0.0913 e. The average Bonchev–Trinajstić information content (AvgIpc) is 2.16. The van der Waals surface area contributed by atoms with E-state index in [1.54, 1.807) is 0 Å². The summed E-state index contributed by atoms with van der Waals surface area (Å²) in [6.45, 7) is 6.58. The van der Waals surface area contributed by atoms with Crippen molar-refractivity contribution in [3.63, 3.8) is 0 Å². The molecule has 0 unspecified atom stereocenters. The van der Waals surface area contributed by atoms with Gasteiger partial charge in [-0.15, -0.1) is 0 Å². The Balaban J connectivity index is 2.59. The minimum absolute atomic E-state index is 0.747. The van der Waals surface area contributed by atoms with Crippen LogP contribution >= 0.6 is 0 Å². The highest BCUT2D eigenvalue weighted by molar-refractivity contribution is 5.24. The molecule has 0 amide bonds. The Morgan fingerprint density at radius 2 is 1.64 bits per heavy atom. The van der Waals surface area contributed by atoms with Crippen LogP contribution in [0, 0.1) is 5.92 Å². The standard InChI is InChI=1S/C14H20/c1-4-5-6-13-7-9-14(10-8-13)11-12(2)3/h4-5,7-10,12H,6,11H2,1-3H3/b5-4+. The normalized spacial score (nSPS) is 11.4. The monoisotopic (exact) mass is 188 g/mol. The van der Waals surface area contributed by atoms with Gasteiger partial charge in [-0.3, -0.25) is 0 Å². The van der Waals surface area contributed by atoms with E-state index >= 15 is 0 Å². The van der Waals surface area contributed by atoms with Gasteiger partial charge in [0.05, 0.1) is 0 Å². The fourth-order valence-electron chi connectivity index (χ4n) is 1.54. The van der Waals surface area contributed by atoms with Crippen LogP contribution in [0.1, 0.15) is 31.9 Å². The average molecular weight is 188 g/mol. The van der Waals surface area contributed by atoms with Crippen molar-refractivity contribution >= 4 is 0 Å². The molecule has 1 aromatic rings. The first-order valence-corrected chi connectivity index (χ1v) is 5.41. The van der Waals surface area contributed by atoms with E-state index < -0.39 is 0 Å². The van der Waals surface area contributed by atoms with Gasteiger partial charge in [0.1, 0.15) is 0 Å². The molecule has 0 nitrogen and oxygen atoms in total. The van der Waals surface area contributed by atoms with Gasteiger partial charge in [-0.25, -0.2) is 0 Å². The van der Waals surface area contributed by atoms with E-state index in [4.69, 9.17) is 0 Å². The Bertz CT molecular complexity index is 277. The zero-order valence-corrected chi connectivity index (χ0v) is 9.46. The highest BCUT2D eigenvalue weighted by atomic mass is 14.0. The van der Waals surface area contributed by atoms with Crippen molar-refractivity contribution in [3.05, 3.63) is 47.5 Å². The molecule has 0 aliphatic carbocycles. The van der Waals surface area contributed by atoms with Crippen LogP contribution in [0.5, 0.6) is 0 Å². The van der Waals surface area contributed by atoms with E-state index in [2.05, 4.69) is 57.2 Å². The molecule has 0 atom stereocenters. The molecule has 0 saturated carbocycles. The molecule has 0 radical (unpaired) electrons. The molecule has 0 spiro atoms. The molecular weight excluding hydrogens is 168 g/mol. The van der Waals surface area contributed by atoms with Crippen LogP contribution in [0.15, 0.2) is 36.4 Å². The molecule has 0 heterocycles. The van der Waals surface area contributed by atoms with Crippen LogP contribution < -0.4 is 0 Å². The second-order valence-electron chi connectivity index (χ2n) is 4.19. The first-order valence-electron chi connectivity index (χ1n) is 5.41. The summed E-state index contributed by atoms with van der Waals surface area (Å²) < 4.78 is 0. The molecule has 0 bridgehead atoms. The molecule has 0 fully saturated rings. The van der Waals surface area contributed by atoms with Crippen molar-refractivity contribution in [2.75, 3.05) is 0 Å². The van der Waals surface area contributed by atoms with Gasteiger partial charge < -0.3 is 0 Å². The molecule has 1 aromatic carbocycles. The van der Waals surface area contributed by atoms with Gasteiger partial charge in [0, 0.05) is 0 Å². The van der Waals surface area contributed by atoms with E-state index in [0.717, 1.165) is 12.3 Å². The van der Waals surface area contributed by atoms with Crippen molar-refractivity contribution < 1.29 is 0 Å². The predicted molar refractivity (Wildman–Crippen MR) is 63.5 cm³/mol. The van der Waals surface area contributed by atoms with Crippen molar-refractivity contribution in [2.45, 2.75) is 33.6 Å². The first-order chi connectivity index (χ1) is 6.72. The summed E-state index contributed by atoms with van der Waals surface area (Å²) in [7, 11) is 0. The number of hydrogen-bond donors (Lipinski definition) is 0. The summed E-state index contributed by atoms with van der Waals surface area (Å²) in [4.78, 5) is 0. The molecule has 76 valence electrons. The molecule has 0 N–H and O–H groups in total. The summed E-state index contributed by atoms with van der Waals surface area (Å²) in [6, 6.07) is 8.97. The Morgan fingerprint density at radius 3 is 2.14 bits per heavy atom. The third-order valence-corrected chi connectivity index (χ3v) is 2.26. The molecular formula is C14H20. The fourth-order valence-corrected chi connectivity index (χ4v) is 1.54. The van der Waals surface area contributed by atoms with E-state index in [0.29, 0.717) is 0 Å². The summed E-state index contributed by atoms with van der Waals surface area (Å²) in [6.07, 6.45) is 6.53. The smallest absolute Gasteiger partial charge is 0.00976 e. The van der Waals surface area contributed by atoms with Crippen molar-refractivity contribution in [1.29, 1.82) is 0 Å². The van der Waals surface area contributed by atoms with Gasteiger partial charge in [-0.1, -0.05) is 50.3 Å². The van der Waals surface area contributed by atoms with Crippen LogP contribution in [0.4, 0.5) is 0 Å². The van der Waals surface area contributed by atoms with Gasteiger partial charge in [-0.2, -0.15) is 0 Å². The zero-order chi connectivity index (χ0) is 10.4. The van der Waals surface area contributed by atoms with Crippen LogP contribution in [-0.2, 0) is 12.8 Å². The van der Waals surface area contributed by atoms with Crippen LogP contribution in [0.3, 0.4) is 0 Å². The van der Waals surface area contributed by atoms with Gasteiger partial charge in [0.25, 0.3) is 0 Å². The number of benzene rings is 1. The van der Waals surface area contributed by atoms with E-state index in [9.17, 15) is 0 Å². The third kappa shape index (κ3) is 3.78. The number of rotatable bonds is 4. The van der Waals surface area contributed by atoms with Crippen molar-refractivity contribution in [1.82, 2.24) is 0 Å². The van der Waals surface area contributed by atoms with Crippen molar-refractivity contribution in [2.24, 2.45) is 5.92 Å². The molecule has 14 heavy (non-hydrogen) atoms. The molecule has 0 aliphatic heterocycles. The molecule has 0 aromatic heterocycles. The van der Waals surface area contributed by atoms with Gasteiger partial charge in [0.15, 0.2) is 0 Å². The number of allylic oxidation sites excluding steroid dienone is 2. The molecule has 0 heteroatoms. The highest BCUT2D eigenvalue weighted by Gasteiger charge is 1.97. The van der Waals surface area contributed by atoms with Gasteiger partial charge in [-0.05, 0) is 36.8 Å². The Hall–Kier alpha value is -1.04. The predicted octanol–water partition coefficient (Wildman–Crippen LogP) is 4.00. The third-order valence-electron chi connectivity index (χ3n) is 2.26. The fraction of sp³-hybridized carbons (Fsp3) is 0.429. The summed E-state index contributed by atoms with van der Waals surface area (Å²) >= 11 is 0. The SMILES string of the molecule is C/C=C/Cc1ccc(CC(C)C)cc1. The lowest BCUT2D eigenvalue weighted by molar-refractivity contribution is 0.647. The maximum atomic E-state index is 2.26. The van der Waals surface area contributed by atoms with E-state index in [-0.39, 0.29) is 0 Å². The Kier molecular flexibility index (Phi) is 4.45. The van der Waals surface area contributed by atoms with Crippen molar-refractivity contribution in [3.8, 4) is 0 Å². The quantitative estimate of drug-likeness (QED) is 0.626. The Labute approximate surface area is 87.7 Å². The topological polar surface area (TPSA) is 0 Å². The Morgan fingerprint density at radius 1 is 1.07 bits per heavy atom. The van der Waals surface area contributed by atoms with Gasteiger partial charge >= 0.3 is 0 Å². The molecule has 1 rings (SSSR count). The highest BCUT2D eigenvalue weighted by Crippen LogP contribution is 2.10. The van der Waals surface area contributed by atoms with Crippen LogP contribution in [0.25, 0.3) is 0 Å². The lowest BCUT2D eigenvalue weighted by atomic mass is 10.0. The lowest BCUT2D eigenvalue weighted by Crippen LogP contribution is -1.93. The lowest BCUT2D eigenvalue weighted by Gasteiger charge is -2.05. The second kappa shape index (κ2) is 5.64. The molecule has 0 aliphatic rings. The van der Waals surface area contributed by atoms with Crippen LogP contribution in [-0.4, -0.2) is 0 Å². The summed E-state index contributed by atoms with van der Waals surface area (Å²) in [5, 5.41) is 0. The number of hydrogen-bond acceptors (Lipinski definition) is 0. The summed E-state index contributed by atoms with van der Waals surface area (Å²) in [5.41, 5.74) is 2.85. The van der Waals surface area contributed by atoms with Crippen LogP contribution in [0.2, 0.25) is 0 Å². The summed E-state index contributed by atoms with van der Waals surface area (Å²) in [5.74, 6) is 0.747.